The summed E-state index contributed by atoms with van der Waals surface area (Å²) >= 11 is 1.82. The summed E-state index contributed by atoms with van der Waals surface area (Å²) < 4.78 is 0. The molecule has 3 nitrogen and oxygen atoms in total. The van der Waals surface area contributed by atoms with E-state index in [0.29, 0.717) is 12.5 Å². The van der Waals surface area contributed by atoms with E-state index in [1.54, 1.807) is 0 Å². The Morgan fingerprint density at radius 1 is 1.60 bits per heavy atom. The molecule has 1 aromatic heterocycles. The molecule has 1 atom stereocenters. The Morgan fingerprint density at radius 3 is 3.00 bits per heavy atom. The van der Waals surface area contributed by atoms with Crippen LogP contribution in [-0.4, -0.2) is 36.6 Å². The van der Waals surface area contributed by atoms with Crippen molar-refractivity contribution in [2.45, 2.75) is 25.7 Å². The van der Waals surface area contributed by atoms with E-state index in [1.165, 1.54) is 28.5 Å². The molecular weight excluding hydrogens is 206 g/mol. The fraction of sp³-hybridized carbons (Fsp3) is 0.727. The molecule has 0 aromatic carbocycles. The molecule has 84 valence electrons. The lowest BCUT2D eigenvalue weighted by Crippen LogP contribution is -2.13. The van der Waals surface area contributed by atoms with Gasteiger partial charge in [0.05, 0.1) is 10.7 Å². The predicted octanol–water partition coefficient (Wildman–Crippen LogP) is 1.37. The number of nitrogens with two attached hydrogens (primary N) is 1. The quantitative estimate of drug-likeness (QED) is 0.845. The number of hydrogen-bond acceptors (Lipinski definition) is 4. The smallest absolute Gasteiger partial charge is 0.0943 e. The van der Waals surface area contributed by atoms with E-state index in [1.807, 2.05) is 11.3 Å². The lowest BCUT2D eigenvalue weighted by molar-refractivity contribution is 0.410. The zero-order valence-corrected chi connectivity index (χ0v) is 10.3. The number of aromatic nitrogens is 1. The van der Waals surface area contributed by atoms with Gasteiger partial charge in [0.2, 0.25) is 0 Å². The minimum atomic E-state index is 0.651. The van der Waals surface area contributed by atoms with Crippen LogP contribution in [0.5, 0.6) is 0 Å². The van der Waals surface area contributed by atoms with Crippen LogP contribution in [0.4, 0.5) is 0 Å². The molecule has 2 heterocycles. The van der Waals surface area contributed by atoms with Gasteiger partial charge in [-0.05, 0) is 33.5 Å². The predicted molar refractivity (Wildman–Crippen MR) is 64.5 cm³/mol. The van der Waals surface area contributed by atoms with Gasteiger partial charge in [0.25, 0.3) is 0 Å². The Hall–Kier alpha value is -0.450. The van der Waals surface area contributed by atoms with Gasteiger partial charge in [-0.25, -0.2) is 4.98 Å². The van der Waals surface area contributed by atoms with Gasteiger partial charge in [0.1, 0.15) is 0 Å². The van der Waals surface area contributed by atoms with Crippen LogP contribution in [0.1, 0.15) is 27.9 Å². The molecule has 1 aromatic rings. The van der Waals surface area contributed by atoms with Crippen LogP contribution in [0.2, 0.25) is 0 Å². The van der Waals surface area contributed by atoms with E-state index in [9.17, 15) is 0 Å². The van der Waals surface area contributed by atoms with Gasteiger partial charge in [-0.1, -0.05) is 0 Å². The first kappa shape index (κ1) is 11.0. The van der Waals surface area contributed by atoms with E-state index in [4.69, 9.17) is 10.7 Å². The Labute approximate surface area is 95.3 Å². The average Bonchev–Trinajstić information content (AvgIpc) is 2.73. The molecule has 15 heavy (non-hydrogen) atoms. The third-order valence-corrected chi connectivity index (χ3v) is 4.06. The minimum absolute atomic E-state index is 0.651. The Morgan fingerprint density at radius 2 is 2.40 bits per heavy atom. The topological polar surface area (TPSA) is 42.1 Å². The summed E-state index contributed by atoms with van der Waals surface area (Å²) in [6, 6.07) is 0. The maximum Gasteiger partial charge on any atom is 0.0943 e. The molecule has 1 aliphatic heterocycles. The highest BCUT2D eigenvalue weighted by Crippen LogP contribution is 2.30. The highest BCUT2D eigenvalue weighted by molar-refractivity contribution is 7.11. The zero-order chi connectivity index (χ0) is 10.8. The van der Waals surface area contributed by atoms with E-state index >= 15 is 0 Å². The molecule has 2 rings (SSSR count). The summed E-state index contributed by atoms with van der Waals surface area (Å²) in [5.41, 5.74) is 6.88. The van der Waals surface area contributed by atoms with Crippen molar-refractivity contribution in [3.63, 3.8) is 0 Å². The number of thiazole rings is 1. The monoisotopic (exact) mass is 225 g/mol. The van der Waals surface area contributed by atoms with Crippen molar-refractivity contribution in [3.05, 3.63) is 15.6 Å². The minimum Gasteiger partial charge on any atom is -0.330 e. The summed E-state index contributed by atoms with van der Waals surface area (Å²) in [4.78, 5) is 8.50. The summed E-state index contributed by atoms with van der Waals surface area (Å²) in [5.74, 6) is 0.651. The maximum atomic E-state index is 5.55. The number of rotatable bonds is 3. The normalized spacial score (nSPS) is 22.5. The molecule has 1 fully saturated rings. The third-order valence-electron chi connectivity index (χ3n) is 3.01. The molecule has 1 unspecified atom stereocenters. The number of hydrogen-bond donors (Lipinski definition) is 1. The van der Waals surface area contributed by atoms with Gasteiger partial charge < -0.3 is 10.6 Å². The van der Waals surface area contributed by atoms with Crippen molar-refractivity contribution in [1.29, 1.82) is 0 Å². The summed E-state index contributed by atoms with van der Waals surface area (Å²) in [6.45, 7) is 5.25. The van der Waals surface area contributed by atoms with E-state index in [2.05, 4.69) is 18.9 Å². The van der Waals surface area contributed by atoms with Crippen molar-refractivity contribution in [2.24, 2.45) is 5.73 Å². The van der Waals surface area contributed by atoms with Crippen molar-refractivity contribution in [3.8, 4) is 0 Å². The van der Waals surface area contributed by atoms with Gasteiger partial charge in [0, 0.05) is 23.8 Å². The van der Waals surface area contributed by atoms with Crippen LogP contribution in [-0.2, 0) is 6.42 Å². The second kappa shape index (κ2) is 4.60. The Kier molecular flexibility index (Phi) is 3.38. The number of aryl methyl sites for hydroxylation is 1. The van der Waals surface area contributed by atoms with E-state index in [0.717, 1.165) is 13.0 Å². The lowest BCUT2D eigenvalue weighted by Gasteiger charge is -2.08. The summed E-state index contributed by atoms with van der Waals surface area (Å²) in [7, 11) is 2.18. The largest absolute Gasteiger partial charge is 0.330 e. The first-order chi connectivity index (χ1) is 7.20. The second-order valence-electron chi connectivity index (χ2n) is 4.34. The molecule has 1 aliphatic rings. The van der Waals surface area contributed by atoms with Gasteiger partial charge in [-0.3, -0.25) is 0 Å². The number of likely N-dealkylation sites (N-methyl/N-ethyl adjacent to an activating group) is 1. The molecule has 0 bridgehead atoms. The van der Waals surface area contributed by atoms with Crippen LogP contribution >= 0.6 is 11.3 Å². The van der Waals surface area contributed by atoms with Crippen LogP contribution < -0.4 is 5.73 Å². The molecule has 2 N–H and O–H groups in total. The molecule has 0 aliphatic carbocycles. The average molecular weight is 225 g/mol. The highest BCUT2D eigenvalue weighted by atomic mass is 32.1. The zero-order valence-electron chi connectivity index (χ0n) is 9.49. The molecule has 0 spiro atoms. The van der Waals surface area contributed by atoms with E-state index in [-0.39, 0.29) is 0 Å². The number of nitrogens with zero attached hydrogens (tertiary/aromatic N) is 2. The Bertz CT molecular complexity index is 335. The summed E-state index contributed by atoms with van der Waals surface area (Å²) in [6.07, 6.45) is 2.18. The molecule has 0 saturated carbocycles. The van der Waals surface area contributed by atoms with Gasteiger partial charge in [-0.15, -0.1) is 11.3 Å². The van der Waals surface area contributed by atoms with Crippen molar-refractivity contribution in [2.75, 3.05) is 26.7 Å². The van der Waals surface area contributed by atoms with Crippen molar-refractivity contribution in [1.82, 2.24) is 9.88 Å². The van der Waals surface area contributed by atoms with Crippen LogP contribution in [0.15, 0.2) is 0 Å². The fourth-order valence-corrected chi connectivity index (χ4v) is 3.27. The van der Waals surface area contributed by atoms with Crippen molar-refractivity contribution >= 4 is 11.3 Å². The number of likely N-dealkylation sites (tertiary alicyclic amines) is 1. The molecule has 1 saturated heterocycles. The SMILES string of the molecule is Cc1sc(CCN)nc1C1CCN(C)C1. The lowest BCUT2D eigenvalue weighted by atomic mass is 10.0. The van der Waals surface area contributed by atoms with Crippen molar-refractivity contribution < 1.29 is 0 Å². The molecule has 0 amide bonds. The van der Waals surface area contributed by atoms with Crippen LogP contribution in [0.3, 0.4) is 0 Å². The van der Waals surface area contributed by atoms with E-state index < -0.39 is 0 Å². The van der Waals surface area contributed by atoms with Crippen LogP contribution in [0.25, 0.3) is 0 Å². The maximum absolute atomic E-state index is 5.55. The second-order valence-corrected chi connectivity index (χ2v) is 5.62. The van der Waals surface area contributed by atoms with Gasteiger partial charge in [0.15, 0.2) is 0 Å². The highest BCUT2D eigenvalue weighted by Gasteiger charge is 2.25. The van der Waals surface area contributed by atoms with Gasteiger partial charge >= 0.3 is 0 Å². The Balaban J connectivity index is 2.13. The summed E-state index contributed by atoms with van der Waals surface area (Å²) in [5, 5.41) is 1.21. The fourth-order valence-electron chi connectivity index (χ4n) is 2.23. The van der Waals surface area contributed by atoms with Gasteiger partial charge in [-0.2, -0.15) is 0 Å². The molecular formula is C11H19N3S. The van der Waals surface area contributed by atoms with Crippen LogP contribution in [0, 0.1) is 6.92 Å². The first-order valence-electron chi connectivity index (χ1n) is 5.55. The standard InChI is InChI=1S/C11H19N3S/c1-8-11(9-4-6-14(2)7-9)13-10(15-8)3-5-12/h9H,3-7,12H2,1-2H3. The molecule has 0 radical (unpaired) electrons. The third kappa shape index (κ3) is 2.38. The molecule has 4 heteroatoms. The first-order valence-corrected chi connectivity index (χ1v) is 6.37.